The van der Waals surface area contributed by atoms with Gasteiger partial charge in [-0.15, -0.1) is 11.3 Å². The number of fused-ring (bicyclic) bond motifs is 7. The number of halogens is 2. The van der Waals surface area contributed by atoms with Crippen LogP contribution in [0.2, 0.25) is 0 Å². The molecule has 0 spiro atoms. The third-order valence-electron chi connectivity index (χ3n) is 7.47. The Hall–Kier alpha value is -3.76. The summed E-state index contributed by atoms with van der Waals surface area (Å²) in [6, 6.07) is 27.8. The lowest BCUT2D eigenvalue weighted by Gasteiger charge is -2.33. The summed E-state index contributed by atoms with van der Waals surface area (Å²) in [6.07, 6.45) is -0.656. The third kappa shape index (κ3) is 2.85. The first-order chi connectivity index (χ1) is 17.6. The molecule has 176 valence electrons. The predicted molar refractivity (Wildman–Crippen MR) is 150 cm³/mol. The molecule has 1 aliphatic carbocycles. The molecule has 4 aromatic carbocycles. The number of hydrogen-bond acceptors (Lipinski definition) is 1. The summed E-state index contributed by atoms with van der Waals surface area (Å²) in [7, 11) is 0. The summed E-state index contributed by atoms with van der Waals surface area (Å²) >= 11 is 1.82. The SMILES string of the molecule is CC[C@H](F)C1=C(C)C(n2c3ccccc3c3c4sc5ccccc5c4ccc32)=C1c1ccc(F)cc1. The van der Waals surface area contributed by atoms with Gasteiger partial charge in [-0.3, -0.25) is 0 Å². The number of aromatic nitrogens is 1. The largest absolute Gasteiger partial charge is 0.308 e. The summed E-state index contributed by atoms with van der Waals surface area (Å²) in [5, 5.41) is 4.94. The van der Waals surface area contributed by atoms with Crippen molar-refractivity contribution in [1.29, 1.82) is 0 Å². The Balaban J connectivity index is 1.60. The van der Waals surface area contributed by atoms with Gasteiger partial charge in [0.1, 0.15) is 12.0 Å². The van der Waals surface area contributed by atoms with Gasteiger partial charge in [0.25, 0.3) is 0 Å². The standard InChI is InChI=1S/C32H23F2NS/c1-3-24(34)28-18(2)31(29(28)19-12-14-20(33)15-13-19)35-25-10-6-4-9-23(25)30-26(35)17-16-22-21-8-5-7-11-27(21)36-32(22)30/h4-17,24H,3H2,1-2H3/t24-/m0/s1. The number of rotatable bonds is 4. The molecule has 1 nitrogen and oxygen atoms in total. The highest BCUT2D eigenvalue weighted by Crippen LogP contribution is 2.51. The molecular formula is C32H23F2NS. The van der Waals surface area contributed by atoms with Crippen LogP contribution in [-0.4, -0.2) is 10.7 Å². The van der Waals surface area contributed by atoms with Crippen molar-refractivity contribution in [3.63, 3.8) is 0 Å². The van der Waals surface area contributed by atoms with Crippen molar-refractivity contribution in [3.8, 4) is 0 Å². The molecule has 0 saturated carbocycles. The van der Waals surface area contributed by atoms with Crippen molar-refractivity contribution in [1.82, 2.24) is 4.57 Å². The zero-order chi connectivity index (χ0) is 24.6. The highest BCUT2D eigenvalue weighted by Gasteiger charge is 2.35. The lowest BCUT2D eigenvalue weighted by Crippen LogP contribution is -2.20. The second-order valence-electron chi connectivity index (χ2n) is 9.43. The molecule has 0 fully saturated rings. The van der Waals surface area contributed by atoms with E-state index in [9.17, 15) is 4.39 Å². The van der Waals surface area contributed by atoms with Crippen molar-refractivity contribution >= 4 is 64.6 Å². The fraction of sp³-hybridized carbons (Fsp3) is 0.125. The smallest absolute Gasteiger partial charge is 0.126 e. The lowest BCUT2D eigenvalue weighted by atomic mass is 9.78. The molecule has 7 rings (SSSR count). The topological polar surface area (TPSA) is 4.93 Å². The highest BCUT2D eigenvalue weighted by atomic mass is 32.1. The molecule has 4 heteroatoms. The van der Waals surface area contributed by atoms with Crippen LogP contribution in [0.1, 0.15) is 25.8 Å². The average Bonchev–Trinajstić information content (AvgIpc) is 3.44. The summed E-state index contributed by atoms with van der Waals surface area (Å²) in [5.74, 6) is -0.293. The van der Waals surface area contributed by atoms with E-state index in [4.69, 9.17) is 0 Å². The Morgan fingerprint density at radius 3 is 2.31 bits per heavy atom. The number of benzene rings is 4. The van der Waals surface area contributed by atoms with E-state index in [1.165, 1.54) is 43.1 Å². The van der Waals surface area contributed by atoms with Gasteiger partial charge in [-0.25, -0.2) is 8.78 Å². The zero-order valence-corrected chi connectivity index (χ0v) is 20.8. The number of para-hydroxylation sites is 1. The van der Waals surface area contributed by atoms with E-state index in [1.807, 2.05) is 25.2 Å². The van der Waals surface area contributed by atoms with Gasteiger partial charge in [-0.2, -0.15) is 0 Å². The maximum absolute atomic E-state index is 15.2. The molecule has 0 aliphatic heterocycles. The van der Waals surface area contributed by atoms with Crippen LogP contribution in [0, 0.1) is 5.82 Å². The maximum Gasteiger partial charge on any atom is 0.126 e. The molecule has 0 unspecified atom stereocenters. The van der Waals surface area contributed by atoms with Crippen molar-refractivity contribution in [2.24, 2.45) is 0 Å². The van der Waals surface area contributed by atoms with Gasteiger partial charge in [0, 0.05) is 42.1 Å². The summed E-state index contributed by atoms with van der Waals surface area (Å²) in [5.41, 5.74) is 6.61. The first kappa shape index (κ1) is 21.5. The first-order valence-electron chi connectivity index (χ1n) is 12.3. The molecule has 2 aromatic heterocycles. The highest BCUT2D eigenvalue weighted by molar-refractivity contribution is 7.26. The maximum atomic E-state index is 15.2. The number of alkyl halides is 1. The number of thiophene rings is 1. The minimum absolute atomic E-state index is 0.293. The predicted octanol–water partition coefficient (Wildman–Crippen LogP) is 9.75. The third-order valence-corrected chi connectivity index (χ3v) is 8.68. The summed E-state index contributed by atoms with van der Waals surface area (Å²) < 4.78 is 33.9. The second kappa shape index (κ2) is 7.87. The van der Waals surface area contributed by atoms with Crippen LogP contribution < -0.4 is 0 Å². The molecule has 0 saturated heterocycles. The molecule has 0 N–H and O–H groups in total. The van der Waals surface area contributed by atoms with Crippen LogP contribution in [0.5, 0.6) is 0 Å². The second-order valence-corrected chi connectivity index (χ2v) is 10.5. The van der Waals surface area contributed by atoms with E-state index in [1.54, 1.807) is 12.1 Å². The minimum Gasteiger partial charge on any atom is -0.308 e. The zero-order valence-electron chi connectivity index (χ0n) is 20.0. The number of hydrogen-bond donors (Lipinski definition) is 0. The van der Waals surface area contributed by atoms with Crippen molar-refractivity contribution in [2.75, 3.05) is 0 Å². The molecule has 6 aromatic rings. The first-order valence-corrected chi connectivity index (χ1v) is 13.1. The van der Waals surface area contributed by atoms with Crippen LogP contribution >= 0.6 is 11.3 Å². The van der Waals surface area contributed by atoms with Crippen LogP contribution in [0.25, 0.3) is 53.2 Å². The van der Waals surface area contributed by atoms with Crippen molar-refractivity contribution < 1.29 is 8.78 Å². The fourth-order valence-electron chi connectivity index (χ4n) is 5.83. The average molecular weight is 492 g/mol. The van der Waals surface area contributed by atoms with Gasteiger partial charge in [-0.05, 0) is 54.8 Å². The van der Waals surface area contributed by atoms with Gasteiger partial charge in [0.05, 0.1) is 16.7 Å². The number of allylic oxidation sites excluding steroid dienone is 4. The molecule has 36 heavy (non-hydrogen) atoms. The monoisotopic (exact) mass is 491 g/mol. The van der Waals surface area contributed by atoms with E-state index >= 15 is 4.39 Å². The molecule has 2 heterocycles. The van der Waals surface area contributed by atoms with Gasteiger partial charge in [0.15, 0.2) is 0 Å². The van der Waals surface area contributed by atoms with E-state index in [0.29, 0.717) is 6.42 Å². The van der Waals surface area contributed by atoms with E-state index in [0.717, 1.165) is 39.0 Å². The lowest BCUT2D eigenvalue weighted by molar-refractivity contribution is 0.376. The summed E-state index contributed by atoms with van der Waals surface area (Å²) in [6.45, 7) is 3.88. The molecule has 0 amide bonds. The van der Waals surface area contributed by atoms with Crippen molar-refractivity contribution in [2.45, 2.75) is 26.4 Å². The van der Waals surface area contributed by atoms with Gasteiger partial charge in [0.2, 0.25) is 0 Å². The van der Waals surface area contributed by atoms with Crippen LogP contribution in [0.15, 0.2) is 96.1 Å². The molecule has 0 bridgehead atoms. The van der Waals surface area contributed by atoms with Crippen molar-refractivity contribution in [3.05, 3.63) is 107 Å². The molecular weight excluding hydrogens is 468 g/mol. The van der Waals surface area contributed by atoms with Gasteiger partial charge >= 0.3 is 0 Å². The van der Waals surface area contributed by atoms with Crippen LogP contribution in [-0.2, 0) is 0 Å². The molecule has 0 radical (unpaired) electrons. The van der Waals surface area contributed by atoms with E-state index < -0.39 is 6.17 Å². The quantitative estimate of drug-likeness (QED) is 0.231. The van der Waals surface area contributed by atoms with E-state index in [2.05, 4.69) is 65.2 Å². The van der Waals surface area contributed by atoms with Crippen LogP contribution in [0.3, 0.4) is 0 Å². The molecule has 1 atom stereocenters. The Morgan fingerprint density at radius 2 is 1.53 bits per heavy atom. The molecule has 1 aliphatic rings. The Labute approximate surface area is 211 Å². The Bertz CT molecular complexity index is 1900. The minimum atomic E-state index is -1.06. The number of nitrogens with zero attached hydrogens (tertiary/aromatic N) is 1. The van der Waals surface area contributed by atoms with Crippen LogP contribution in [0.4, 0.5) is 8.78 Å². The Morgan fingerprint density at radius 1 is 0.806 bits per heavy atom. The normalized spacial score (nSPS) is 15.0. The fourth-order valence-corrected chi connectivity index (χ4v) is 7.09. The summed E-state index contributed by atoms with van der Waals surface area (Å²) in [4.78, 5) is 0. The van der Waals surface area contributed by atoms with Gasteiger partial charge < -0.3 is 4.57 Å². The van der Waals surface area contributed by atoms with Gasteiger partial charge in [-0.1, -0.05) is 61.5 Å². The Kier molecular flexibility index (Phi) is 4.71. The van der Waals surface area contributed by atoms with E-state index in [-0.39, 0.29) is 5.82 Å².